The molecule has 0 spiro atoms. The lowest BCUT2D eigenvalue weighted by Crippen LogP contribution is -2.28. The molecular weight excluding hydrogens is 238 g/mol. The predicted octanol–water partition coefficient (Wildman–Crippen LogP) is 3.02. The maximum Gasteiger partial charge on any atom is 0.499 e. The first-order chi connectivity index (χ1) is 8.99. The molecule has 0 amide bonds. The Morgan fingerprint density at radius 3 is 2.05 bits per heavy atom. The molecule has 0 heterocycles. The first kappa shape index (κ1) is 15.3. The zero-order valence-corrected chi connectivity index (χ0v) is 12.6. The van der Waals surface area contributed by atoms with Crippen molar-refractivity contribution in [3.63, 3.8) is 0 Å². The van der Waals surface area contributed by atoms with Crippen LogP contribution in [0.4, 0.5) is 0 Å². The molecule has 0 aromatic heterocycles. The van der Waals surface area contributed by atoms with E-state index in [9.17, 15) is 0 Å². The van der Waals surface area contributed by atoms with Gasteiger partial charge in [0.25, 0.3) is 0 Å². The van der Waals surface area contributed by atoms with Crippen LogP contribution in [0.3, 0.4) is 0 Å². The maximum atomic E-state index is 5.65. The Kier molecular flexibility index (Phi) is 5.65. The lowest BCUT2D eigenvalue weighted by atomic mass is 9.97. The van der Waals surface area contributed by atoms with Gasteiger partial charge >= 0.3 is 11.8 Å². The molecule has 104 valence electrons. The fourth-order valence-corrected chi connectivity index (χ4v) is 1.54. The Hall–Kier alpha value is -1.73. The van der Waals surface area contributed by atoms with Gasteiger partial charge < -0.3 is 9.47 Å². The highest BCUT2D eigenvalue weighted by atomic mass is 16.5. The monoisotopic (exact) mass is 262 g/mol. The molecule has 0 aliphatic heterocycles. The van der Waals surface area contributed by atoms with E-state index in [0.29, 0.717) is 25.0 Å². The van der Waals surface area contributed by atoms with Crippen LogP contribution in [0.15, 0.2) is 30.3 Å². The minimum atomic E-state index is -0.146. The summed E-state index contributed by atoms with van der Waals surface area (Å²) >= 11 is 0. The van der Waals surface area contributed by atoms with Crippen LogP contribution in [0.2, 0.25) is 0 Å². The van der Waals surface area contributed by atoms with Gasteiger partial charge in [-0.05, 0) is 51.4 Å². The van der Waals surface area contributed by atoms with Crippen molar-refractivity contribution in [3.8, 4) is 0 Å². The summed E-state index contributed by atoms with van der Waals surface area (Å²) in [5.41, 5.74) is 0.818. The van der Waals surface area contributed by atoms with Crippen molar-refractivity contribution in [1.82, 2.24) is 4.67 Å². The standard InChI is InChI=1S/C16H24NO2/c1-6-18-14(13-11-9-8-10-12-13)17-15(19-7-2)16(3,4)5/h8-12H,6-7H2,1-5H3/q+1. The first-order valence-corrected chi connectivity index (χ1v) is 6.76. The van der Waals surface area contributed by atoms with Gasteiger partial charge in [-0.3, -0.25) is 0 Å². The third-order valence-corrected chi connectivity index (χ3v) is 2.43. The van der Waals surface area contributed by atoms with E-state index in [1.165, 1.54) is 0 Å². The molecule has 0 aliphatic carbocycles. The summed E-state index contributed by atoms with van der Waals surface area (Å²) in [6, 6.07) is 9.90. The van der Waals surface area contributed by atoms with Crippen LogP contribution in [0.25, 0.3) is 0 Å². The van der Waals surface area contributed by atoms with Gasteiger partial charge in [-0.2, -0.15) is 0 Å². The van der Waals surface area contributed by atoms with Crippen molar-refractivity contribution >= 4 is 11.8 Å². The topological polar surface area (TPSA) is 32.6 Å². The number of ether oxygens (including phenoxy) is 2. The second-order valence-corrected chi connectivity index (χ2v) is 5.20. The van der Waals surface area contributed by atoms with Gasteiger partial charge in [-0.25, -0.2) is 0 Å². The molecule has 0 N–H and O–H groups in total. The van der Waals surface area contributed by atoms with Gasteiger partial charge in [0.1, 0.15) is 11.0 Å². The van der Waals surface area contributed by atoms with Gasteiger partial charge in [-0.1, -0.05) is 18.2 Å². The van der Waals surface area contributed by atoms with E-state index in [1.54, 1.807) is 0 Å². The zero-order chi connectivity index (χ0) is 14.3. The van der Waals surface area contributed by atoms with Crippen LogP contribution >= 0.6 is 0 Å². The smallest absolute Gasteiger partial charge is 0.435 e. The molecule has 0 fully saturated rings. The van der Waals surface area contributed by atoms with Gasteiger partial charge in [-0.15, -0.1) is 0 Å². The molecule has 1 aromatic rings. The fraction of sp³-hybridized carbons (Fsp3) is 0.500. The molecule has 0 aliphatic rings. The summed E-state index contributed by atoms with van der Waals surface area (Å²) in [4.78, 5) is 0. The average molecular weight is 262 g/mol. The fourth-order valence-electron chi connectivity index (χ4n) is 1.54. The normalized spacial score (nSPS) is 10.6. The Morgan fingerprint density at radius 2 is 1.58 bits per heavy atom. The summed E-state index contributed by atoms with van der Waals surface area (Å²) in [6.45, 7) is 11.3. The molecule has 3 nitrogen and oxygen atoms in total. The van der Waals surface area contributed by atoms with Crippen LogP contribution in [-0.4, -0.2) is 25.0 Å². The van der Waals surface area contributed by atoms with Crippen LogP contribution in [0.5, 0.6) is 0 Å². The van der Waals surface area contributed by atoms with Crippen LogP contribution in [0, 0.1) is 5.41 Å². The first-order valence-electron chi connectivity index (χ1n) is 6.76. The SMILES string of the molecule is CCOC(=[N+]=C(OCC)C(C)(C)C)c1ccccc1. The maximum absolute atomic E-state index is 5.65. The van der Waals surface area contributed by atoms with Crippen LogP contribution in [-0.2, 0) is 9.47 Å². The summed E-state index contributed by atoms with van der Waals surface area (Å²) in [7, 11) is 0. The van der Waals surface area contributed by atoms with Crippen LogP contribution < -0.4 is 4.67 Å². The Bertz CT molecular complexity index is 451. The third kappa shape index (κ3) is 4.80. The molecule has 0 atom stereocenters. The highest BCUT2D eigenvalue weighted by molar-refractivity contribution is 5.97. The van der Waals surface area contributed by atoms with E-state index in [1.807, 2.05) is 44.2 Å². The molecule has 1 aromatic carbocycles. The molecule has 0 bridgehead atoms. The molecule has 1 rings (SSSR count). The van der Waals surface area contributed by atoms with E-state index in [2.05, 4.69) is 25.4 Å². The van der Waals surface area contributed by atoms with Crippen molar-refractivity contribution in [2.45, 2.75) is 34.6 Å². The van der Waals surface area contributed by atoms with Gasteiger partial charge in [0, 0.05) is 0 Å². The molecule has 0 radical (unpaired) electrons. The Balaban J connectivity index is 3.31. The molecule has 0 saturated heterocycles. The predicted molar refractivity (Wildman–Crippen MR) is 80.4 cm³/mol. The zero-order valence-electron chi connectivity index (χ0n) is 12.6. The molecule has 0 unspecified atom stereocenters. The van der Waals surface area contributed by atoms with Gasteiger partial charge in [0.2, 0.25) is 0 Å². The van der Waals surface area contributed by atoms with Crippen molar-refractivity contribution < 1.29 is 9.47 Å². The second kappa shape index (κ2) is 7.01. The molecule has 0 saturated carbocycles. The molecule has 3 heteroatoms. The van der Waals surface area contributed by atoms with Gasteiger partial charge in [0.05, 0.1) is 13.2 Å². The number of benzene rings is 1. The minimum absolute atomic E-state index is 0.146. The number of nitrogens with zero attached hydrogens (tertiary/aromatic N) is 1. The third-order valence-electron chi connectivity index (χ3n) is 2.43. The van der Waals surface area contributed by atoms with Gasteiger partial charge in [0.15, 0.2) is 0 Å². The summed E-state index contributed by atoms with van der Waals surface area (Å²) < 4.78 is 15.9. The Labute approximate surface area is 116 Å². The lowest BCUT2D eigenvalue weighted by molar-refractivity contribution is 0.276. The summed E-state index contributed by atoms with van der Waals surface area (Å²) in [5, 5.41) is 0. The number of rotatable bonds is 3. The van der Waals surface area contributed by atoms with Crippen LogP contribution in [0.1, 0.15) is 40.2 Å². The highest BCUT2D eigenvalue weighted by Crippen LogP contribution is 2.15. The number of hydrogen-bond donors (Lipinski definition) is 0. The average Bonchev–Trinajstić information content (AvgIpc) is 2.37. The highest BCUT2D eigenvalue weighted by Gasteiger charge is 2.32. The van der Waals surface area contributed by atoms with Crippen molar-refractivity contribution in [3.05, 3.63) is 35.9 Å². The summed E-state index contributed by atoms with van der Waals surface area (Å²) in [6.07, 6.45) is 0. The van der Waals surface area contributed by atoms with E-state index in [4.69, 9.17) is 9.47 Å². The molecular formula is C16H24NO2+. The van der Waals surface area contributed by atoms with Crippen molar-refractivity contribution in [2.24, 2.45) is 5.41 Å². The number of hydrogen-bond acceptors (Lipinski definition) is 2. The van der Waals surface area contributed by atoms with Crippen molar-refractivity contribution in [1.29, 1.82) is 0 Å². The molecule has 19 heavy (non-hydrogen) atoms. The van der Waals surface area contributed by atoms with E-state index in [-0.39, 0.29) is 5.41 Å². The minimum Gasteiger partial charge on any atom is -0.435 e. The van der Waals surface area contributed by atoms with E-state index in [0.717, 1.165) is 5.56 Å². The van der Waals surface area contributed by atoms with Crippen molar-refractivity contribution in [2.75, 3.05) is 13.2 Å². The quantitative estimate of drug-likeness (QED) is 0.476. The lowest BCUT2D eigenvalue weighted by Gasteiger charge is -2.10. The summed E-state index contributed by atoms with van der Waals surface area (Å²) in [5.74, 6) is 1.31. The van der Waals surface area contributed by atoms with E-state index >= 15 is 0 Å². The van der Waals surface area contributed by atoms with E-state index < -0.39 is 0 Å². The largest absolute Gasteiger partial charge is 0.499 e. The Morgan fingerprint density at radius 1 is 1.00 bits per heavy atom. The second-order valence-electron chi connectivity index (χ2n) is 5.20.